The van der Waals surface area contributed by atoms with Crippen LogP contribution in [0.15, 0.2) is 71.8 Å². The molecule has 3 rings (SSSR count). The Hall–Kier alpha value is -4.33. The average molecular weight is 432 g/mol. The van der Waals surface area contributed by atoms with Crippen molar-refractivity contribution in [2.24, 2.45) is 5.10 Å². The third-order valence-corrected chi connectivity index (χ3v) is 4.47. The third kappa shape index (κ3) is 6.09. The molecule has 0 fully saturated rings. The maximum atomic E-state index is 12.1. The molecular formula is C24H24N4O4. The Kier molecular flexibility index (Phi) is 7.42. The van der Waals surface area contributed by atoms with Crippen LogP contribution in [0.25, 0.3) is 0 Å². The van der Waals surface area contributed by atoms with Crippen molar-refractivity contribution in [2.75, 3.05) is 24.8 Å². The Morgan fingerprint density at radius 2 is 1.78 bits per heavy atom. The molecule has 164 valence electrons. The second-order valence-electron chi connectivity index (χ2n) is 6.90. The first-order valence-corrected chi connectivity index (χ1v) is 9.81. The van der Waals surface area contributed by atoms with Crippen LogP contribution in [0.3, 0.4) is 0 Å². The number of hydrogen-bond donors (Lipinski definition) is 3. The lowest BCUT2D eigenvalue weighted by atomic mass is 10.2. The number of anilines is 2. The molecule has 2 amide bonds. The first kappa shape index (κ1) is 22.4. The van der Waals surface area contributed by atoms with Gasteiger partial charge in [-0.3, -0.25) is 9.59 Å². The van der Waals surface area contributed by atoms with Gasteiger partial charge in [-0.1, -0.05) is 29.8 Å². The lowest BCUT2D eigenvalue weighted by Crippen LogP contribution is -2.20. The van der Waals surface area contributed by atoms with Crippen molar-refractivity contribution in [3.8, 4) is 11.5 Å². The molecule has 0 aliphatic heterocycles. The molecule has 0 aliphatic carbocycles. The molecule has 0 bridgehead atoms. The van der Waals surface area contributed by atoms with Crippen molar-refractivity contribution < 1.29 is 19.1 Å². The number of amides is 2. The third-order valence-electron chi connectivity index (χ3n) is 4.47. The molecule has 32 heavy (non-hydrogen) atoms. The van der Waals surface area contributed by atoms with Gasteiger partial charge in [0.15, 0.2) is 18.1 Å². The van der Waals surface area contributed by atoms with E-state index in [1.807, 2.05) is 31.2 Å². The standard InChI is InChI=1S/C24H24N4O4/c1-16-7-10-18(11-8-16)27-23(29)15-32-21-12-9-17(13-22(21)31-2)14-26-28-24(30)19-5-3-4-6-20(19)25/h3-14H,15,25H2,1-2H3,(H,27,29)(H,28,30)/b26-14-. The number of benzene rings is 3. The molecule has 0 aliphatic rings. The van der Waals surface area contributed by atoms with Crippen LogP contribution in [-0.2, 0) is 4.79 Å². The van der Waals surface area contributed by atoms with Crippen LogP contribution in [0.5, 0.6) is 11.5 Å². The van der Waals surface area contributed by atoms with Gasteiger partial charge in [-0.05, 0) is 55.0 Å². The minimum Gasteiger partial charge on any atom is -0.493 e. The fourth-order valence-corrected chi connectivity index (χ4v) is 2.79. The second kappa shape index (κ2) is 10.6. The highest BCUT2D eigenvalue weighted by Gasteiger charge is 2.10. The Bertz CT molecular complexity index is 1130. The average Bonchev–Trinajstić information content (AvgIpc) is 2.79. The molecule has 0 heterocycles. The number of carbonyl (C=O) groups excluding carboxylic acids is 2. The van der Waals surface area contributed by atoms with Crippen LogP contribution < -0.4 is 25.9 Å². The molecule has 0 saturated carbocycles. The molecule has 0 unspecified atom stereocenters. The maximum absolute atomic E-state index is 12.1. The summed E-state index contributed by atoms with van der Waals surface area (Å²) < 4.78 is 10.9. The number of nitrogen functional groups attached to an aromatic ring is 1. The van der Waals surface area contributed by atoms with E-state index in [1.165, 1.54) is 13.3 Å². The molecule has 0 atom stereocenters. The van der Waals surface area contributed by atoms with Crippen molar-refractivity contribution in [3.05, 3.63) is 83.4 Å². The lowest BCUT2D eigenvalue weighted by molar-refractivity contribution is -0.118. The maximum Gasteiger partial charge on any atom is 0.273 e. The largest absolute Gasteiger partial charge is 0.493 e. The summed E-state index contributed by atoms with van der Waals surface area (Å²) >= 11 is 0. The van der Waals surface area contributed by atoms with Gasteiger partial charge in [0.1, 0.15) is 0 Å². The van der Waals surface area contributed by atoms with Gasteiger partial charge in [-0.15, -0.1) is 0 Å². The summed E-state index contributed by atoms with van der Waals surface area (Å²) in [4.78, 5) is 24.3. The Balaban J connectivity index is 1.57. The molecule has 3 aromatic carbocycles. The number of nitrogens with one attached hydrogen (secondary N) is 2. The topological polar surface area (TPSA) is 115 Å². The van der Waals surface area contributed by atoms with Gasteiger partial charge in [-0.2, -0.15) is 5.10 Å². The van der Waals surface area contributed by atoms with E-state index in [2.05, 4.69) is 15.8 Å². The first-order chi connectivity index (χ1) is 15.5. The number of rotatable bonds is 8. The summed E-state index contributed by atoms with van der Waals surface area (Å²) in [5, 5.41) is 6.72. The molecule has 4 N–H and O–H groups in total. The number of nitrogens with two attached hydrogens (primary N) is 1. The van der Waals surface area contributed by atoms with Gasteiger partial charge in [0.2, 0.25) is 0 Å². The molecule has 8 nitrogen and oxygen atoms in total. The lowest BCUT2D eigenvalue weighted by Gasteiger charge is -2.11. The number of para-hydroxylation sites is 1. The highest BCUT2D eigenvalue weighted by atomic mass is 16.5. The van der Waals surface area contributed by atoms with Crippen LogP contribution in [0.2, 0.25) is 0 Å². The van der Waals surface area contributed by atoms with E-state index in [4.69, 9.17) is 15.2 Å². The highest BCUT2D eigenvalue weighted by Crippen LogP contribution is 2.27. The number of hydrogen-bond acceptors (Lipinski definition) is 6. The van der Waals surface area contributed by atoms with Crippen molar-refractivity contribution >= 4 is 29.4 Å². The SMILES string of the molecule is COc1cc(/C=N\NC(=O)c2ccccc2N)ccc1OCC(=O)Nc1ccc(C)cc1. The molecule has 0 spiro atoms. The van der Waals surface area contributed by atoms with Crippen LogP contribution in [0.4, 0.5) is 11.4 Å². The monoisotopic (exact) mass is 432 g/mol. The molecule has 0 radical (unpaired) electrons. The number of methoxy groups -OCH3 is 1. The van der Waals surface area contributed by atoms with Crippen molar-refractivity contribution in [2.45, 2.75) is 6.92 Å². The van der Waals surface area contributed by atoms with Gasteiger partial charge < -0.3 is 20.5 Å². The number of nitrogens with zero attached hydrogens (tertiary/aromatic N) is 1. The van der Waals surface area contributed by atoms with E-state index in [9.17, 15) is 9.59 Å². The van der Waals surface area contributed by atoms with Crippen molar-refractivity contribution in [1.29, 1.82) is 0 Å². The molecule has 8 heteroatoms. The predicted molar refractivity (Wildman–Crippen MR) is 124 cm³/mol. The van der Waals surface area contributed by atoms with Gasteiger partial charge >= 0.3 is 0 Å². The molecule has 0 aromatic heterocycles. The smallest absolute Gasteiger partial charge is 0.273 e. The summed E-state index contributed by atoms with van der Waals surface area (Å²) in [5.41, 5.74) is 11.4. The summed E-state index contributed by atoms with van der Waals surface area (Å²) in [6, 6.07) is 19.3. The van der Waals surface area contributed by atoms with Crippen LogP contribution in [-0.4, -0.2) is 31.7 Å². The van der Waals surface area contributed by atoms with Gasteiger partial charge in [0.05, 0.1) is 18.9 Å². The van der Waals surface area contributed by atoms with Gasteiger partial charge in [0.25, 0.3) is 11.8 Å². The van der Waals surface area contributed by atoms with E-state index in [1.54, 1.807) is 42.5 Å². The summed E-state index contributed by atoms with van der Waals surface area (Å²) in [6.07, 6.45) is 1.47. The van der Waals surface area contributed by atoms with E-state index in [0.717, 1.165) is 5.56 Å². The minimum absolute atomic E-state index is 0.174. The number of hydrazone groups is 1. The number of aryl methyl sites for hydroxylation is 1. The fourth-order valence-electron chi connectivity index (χ4n) is 2.79. The van der Waals surface area contributed by atoms with E-state index < -0.39 is 5.91 Å². The number of ether oxygens (including phenoxy) is 2. The molecule has 0 saturated heterocycles. The first-order valence-electron chi connectivity index (χ1n) is 9.81. The summed E-state index contributed by atoms with van der Waals surface area (Å²) in [7, 11) is 1.50. The minimum atomic E-state index is -0.411. The van der Waals surface area contributed by atoms with Gasteiger partial charge in [-0.25, -0.2) is 5.43 Å². The fraction of sp³-hybridized carbons (Fsp3) is 0.125. The Morgan fingerprint density at radius 1 is 1.03 bits per heavy atom. The van der Waals surface area contributed by atoms with Crippen molar-refractivity contribution in [1.82, 2.24) is 5.43 Å². The quantitative estimate of drug-likeness (QED) is 0.287. The van der Waals surface area contributed by atoms with E-state index in [0.29, 0.717) is 34.0 Å². The zero-order valence-corrected chi connectivity index (χ0v) is 17.8. The van der Waals surface area contributed by atoms with Crippen molar-refractivity contribution in [3.63, 3.8) is 0 Å². The van der Waals surface area contributed by atoms with Gasteiger partial charge in [0, 0.05) is 11.4 Å². The van der Waals surface area contributed by atoms with E-state index in [-0.39, 0.29) is 12.5 Å². The Morgan fingerprint density at radius 3 is 2.50 bits per heavy atom. The second-order valence-corrected chi connectivity index (χ2v) is 6.90. The van der Waals surface area contributed by atoms with Crippen LogP contribution in [0, 0.1) is 6.92 Å². The predicted octanol–water partition coefficient (Wildman–Crippen LogP) is 3.37. The molecular weight excluding hydrogens is 408 g/mol. The number of carbonyl (C=O) groups is 2. The van der Waals surface area contributed by atoms with Crippen LogP contribution in [0.1, 0.15) is 21.5 Å². The zero-order chi connectivity index (χ0) is 22.9. The highest BCUT2D eigenvalue weighted by molar-refractivity contribution is 5.99. The normalized spacial score (nSPS) is 10.6. The summed E-state index contributed by atoms with van der Waals surface area (Å²) in [5.74, 6) is 0.135. The zero-order valence-electron chi connectivity index (χ0n) is 17.8. The molecule has 3 aromatic rings. The Labute approximate surface area is 186 Å². The van der Waals surface area contributed by atoms with Crippen LogP contribution >= 0.6 is 0 Å². The summed E-state index contributed by atoms with van der Waals surface area (Å²) in [6.45, 7) is 1.80. The van der Waals surface area contributed by atoms with E-state index >= 15 is 0 Å².